The summed E-state index contributed by atoms with van der Waals surface area (Å²) < 4.78 is 13.5. The van der Waals surface area contributed by atoms with Gasteiger partial charge in [-0.3, -0.25) is 0 Å². The summed E-state index contributed by atoms with van der Waals surface area (Å²) >= 11 is 3.10. The first-order valence-corrected chi connectivity index (χ1v) is 4.24. The number of aromatic nitrogens is 1. The fourth-order valence-corrected chi connectivity index (χ4v) is 1.21. The predicted octanol–water partition coefficient (Wildman–Crippen LogP) is 2.21. The molecule has 0 atom stereocenters. The highest BCUT2D eigenvalue weighted by Gasteiger charge is 2.20. The summed E-state index contributed by atoms with van der Waals surface area (Å²) in [6, 6.07) is 1.47. The van der Waals surface area contributed by atoms with Crippen LogP contribution in [-0.4, -0.2) is 10.1 Å². The van der Waals surface area contributed by atoms with Crippen molar-refractivity contribution in [3.63, 3.8) is 0 Å². The van der Waals surface area contributed by atoms with Crippen LogP contribution in [-0.2, 0) is 5.60 Å². The largest absolute Gasteiger partial charge is 0.386 e. The summed E-state index contributed by atoms with van der Waals surface area (Å²) in [6.07, 6.45) is 1.08. The van der Waals surface area contributed by atoms with E-state index in [0.717, 1.165) is 6.20 Å². The highest BCUT2D eigenvalue weighted by molar-refractivity contribution is 9.10. The lowest BCUT2D eigenvalue weighted by atomic mass is 10.00. The van der Waals surface area contributed by atoms with E-state index in [2.05, 4.69) is 20.9 Å². The molecule has 1 rings (SSSR count). The number of halogens is 2. The Hall–Kier alpha value is -0.480. The number of aliphatic hydroxyl groups is 1. The standard InChI is InChI=1S/C8H9BrFNO/c1-8(2,12)5-3-7(9)11-4-6(5)10/h3-4,12H,1-2H3. The maximum atomic E-state index is 13.0. The highest BCUT2D eigenvalue weighted by atomic mass is 79.9. The first-order valence-electron chi connectivity index (χ1n) is 3.45. The van der Waals surface area contributed by atoms with Gasteiger partial charge >= 0.3 is 0 Å². The molecule has 4 heteroatoms. The van der Waals surface area contributed by atoms with E-state index in [1.165, 1.54) is 19.9 Å². The van der Waals surface area contributed by atoms with Crippen molar-refractivity contribution in [2.24, 2.45) is 0 Å². The fourth-order valence-electron chi connectivity index (χ4n) is 0.882. The molecule has 0 bridgehead atoms. The van der Waals surface area contributed by atoms with Crippen molar-refractivity contribution < 1.29 is 9.50 Å². The highest BCUT2D eigenvalue weighted by Crippen LogP contribution is 2.24. The minimum Gasteiger partial charge on any atom is -0.386 e. The first kappa shape index (κ1) is 9.61. The minimum absolute atomic E-state index is 0.240. The average molecular weight is 234 g/mol. The van der Waals surface area contributed by atoms with Crippen LogP contribution in [0.3, 0.4) is 0 Å². The van der Waals surface area contributed by atoms with Crippen LogP contribution in [0.25, 0.3) is 0 Å². The molecule has 66 valence electrons. The zero-order valence-corrected chi connectivity index (χ0v) is 8.39. The van der Waals surface area contributed by atoms with Crippen molar-refractivity contribution in [3.8, 4) is 0 Å². The molecule has 0 unspecified atom stereocenters. The number of hydrogen-bond acceptors (Lipinski definition) is 2. The van der Waals surface area contributed by atoms with E-state index in [9.17, 15) is 9.50 Å². The normalized spacial score (nSPS) is 11.8. The number of rotatable bonds is 1. The molecule has 0 fully saturated rings. The summed E-state index contributed by atoms with van der Waals surface area (Å²) in [4.78, 5) is 3.68. The molecule has 2 nitrogen and oxygen atoms in total. The molecule has 0 aromatic carbocycles. The first-order chi connectivity index (χ1) is 5.41. The molecule has 1 heterocycles. The van der Waals surface area contributed by atoms with E-state index in [4.69, 9.17) is 0 Å². The molecule has 0 aliphatic rings. The van der Waals surface area contributed by atoms with Gasteiger partial charge in [-0.1, -0.05) is 0 Å². The third-order valence-electron chi connectivity index (χ3n) is 1.48. The van der Waals surface area contributed by atoms with Crippen LogP contribution < -0.4 is 0 Å². The molecule has 1 N–H and O–H groups in total. The Morgan fingerprint density at radius 1 is 1.58 bits per heavy atom. The van der Waals surface area contributed by atoms with Crippen LogP contribution in [0, 0.1) is 5.82 Å². The topological polar surface area (TPSA) is 33.1 Å². The van der Waals surface area contributed by atoms with Crippen molar-refractivity contribution in [1.29, 1.82) is 0 Å². The van der Waals surface area contributed by atoms with Gasteiger partial charge < -0.3 is 5.11 Å². The molecule has 0 saturated heterocycles. The van der Waals surface area contributed by atoms with Gasteiger partial charge in [0.1, 0.15) is 10.4 Å². The van der Waals surface area contributed by atoms with Gasteiger partial charge in [0.15, 0.2) is 0 Å². The Kier molecular flexibility index (Phi) is 2.49. The van der Waals surface area contributed by atoms with E-state index in [-0.39, 0.29) is 5.56 Å². The van der Waals surface area contributed by atoms with E-state index < -0.39 is 11.4 Å². The quantitative estimate of drug-likeness (QED) is 0.755. The summed E-state index contributed by atoms with van der Waals surface area (Å²) in [5, 5.41) is 9.51. The molecule has 0 saturated carbocycles. The predicted molar refractivity (Wildman–Crippen MR) is 47.1 cm³/mol. The van der Waals surface area contributed by atoms with Gasteiger partial charge in [-0.25, -0.2) is 9.37 Å². The van der Waals surface area contributed by atoms with E-state index in [1.807, 2.05) is 0 Å². The summed E-state index contributed by atoms with van der Waals surface area (Å²) in [5.74, 6) is -0.495. The molecule has 0 aliphatic carbocycles. The van der Waals surface area contributed by atoms with Crippen molar-refractivity contribution in [2.75, 3.05) is 0 Å². The third-order valence-corrected chi connectivity index (χ3v) is 1.91. The second-order valence-electron chi connectivity index (χ2n) is 3.05. The molecular formula is C8H9BrFNO. The van der Waals surface area contributed by atoms with Crippen LogP contribution in [0.5, 0.6) is 0 Å². The van der Waals surface area contributed by atoms with Crippen LogP contribution >= 0.6 is 15.9 Å². The second kappa shape index (κ2) is 3.11. The Bertz CT molecular complexity index is 296. The lowest BCUT2D eigenvalue weighted by molar-refractivity contribution is 0.0743. The molecule has 12 heavy (non-hydrogen) atoms. The van der Waals surface area contributed by atoms with E-state index in [0.29, 0.717) is 4.60 Å². The maximum absolute atomic E-state index is 13.0. The Balaban J connectivity index is 3.23. The van der Waals surface area contributed by atoms with Crippen molar-refractivity contribution in [2.45, 2.75) is 19.4 Å². The molecular weight excluding hydrogens is 225 g/mol. The van der Waals surface area contributed by atoms with Crippen LogP contribution in [0.1, 0.15) is 19.4 Å². The SMILES string of the molecule is CC(C)(O)c1cc(Br)ncc1F. The van der Waals surface area contributed by atoms with Gasteiger partial charge in [0, 0.05) is 5.56 Å². The molecule has 0 spiro atoms. The van der Waals surface area contributed by atoms with Gasteiger partial charge in [-0.15, -0.1) is 0 Å². The lowest BCUT2D eigenvalue weighted by Gasteiger charge is -2.18. The van der Waals surface area contributed by atoms with Gasteiger partial charge in [0.05, 0.1) is 11.8 Å². The number of hydrogen-bond donors (Lipinski definition) is 1. The van der Waals surface area contributed by atoms with Gasteiger partial charge in [0.2, 0.25) is 0 Å². The molecule has 0 radical (unpaired) electrons. The Morgan fingerprint density at radius 2 is 2.17 bits per heavy atom. The van der Waals surface area contributed by atoms with Crippen molar-refractivity contribution in [1.82, 2.24) is 4.98 Å². The van der Waals surface area contributed by atoms with Crippen molar-refractivity contribution >= 4 is 15.9 Å². The maximum Gasteiger partial charge on any atom is 0.147 e. The summed E-state index contributed by atoms with van der Waals surface area (Å²) in [7, 11) is 0. The minimum atomic E-state index is -1.17. The van der Waals surface area contributed by atoms with Crippen LogP contribution in [0.4, 0.5) is 4.39 Å². The zero-order valence-electron chi connectivity index (χ0n) is 6.81. The van der Waals surface area contributed by atoms with Crippen molar-refractivity contribution in [3.05, 3.63) is 28.2 Å². The lowest BCUT2D eigenvalue weighted by Crippen LogP contribution is -2.17. The number of nitrogens with zero attached hydrogens (tertiary/aromatic N) is 1. The van der Waals surface area contributed by atoms with Crippen LogP contribution in [0.15, 0.2) is 16.9 Å². The third kappa shape index (κ3) is 2.01. The average Bonchev–Trinajstić information content (AvgIpc) is 1.92. The van der Waals surface area contributed by atoms with Gasteiger partial charge in [0.25, 0.3) is 0 Å². The Labute approximate surface area is 78.6 Å². The molecule has 0 amide bonds. The summed E-state index contributed by atoms with van der Waals surface area (Å²) in [6.45, 7) is 3.05. The zero-order chi connectivity index (χ0) is 9.35. The fraction of sp³-hybridized carbons (Fsp3) is 0.375. The van der Waals surface area contributed by atoms with Gasteiger partial charge in [-0.2, -0.15) is 0 Å². The smallest absolute Gasteiger partial charge is 0.147 e. The second-order valence-corrected chi connectivity index (χ2v) is 3.86. The number of pyridine rings is 1. The summed E-state index contributed by atoms with van der Waals surface area (Å²) in [5.41, 5.74) is -0.931. The molecule has 1 aromatic rings. The van der Waals surface area contributed by atoms with Gasteiger partial charge in [-0.05, 0) is 35.8 Å². The monoisotopic (exact) mass is 233 g/mol. The molecule has 0 aliphatic heterocycles. The van der Waals surface area contributed by atoms with E-state index >= 15 is 0 Å². The van der Waals surface area contributed by atoms with Crippen LogP contribution in [0.2, 0.25) is 0 Å². The van der Waals surface area contributed by atoms with E-state index in [1.54, 1.807) is 0 Å². The molecule has 1 aromatic heterocycles. The Morgan fingerprint density at radius 3 is 2.58 bits per heavy atom.